The normalized spacial score (nSPS) is 12.7. The van der Waals surface area contributed by atoms with Crippen LogP contribution in [0.5, 0.6) is 11.5 Å². The quantitative estimate of drug-likeness (QED) is 0.688. The Morgan fingerprint density at radius 1 is 1.22 bits per heavy atom. The smallest absolute Gasteiger partial charge is 0.228 e. The van der Waals surface area contributed by atoms with Crippen molar-refractivity contribution in [3.8, 4) is 22.8 Å². The summed E-state index contributed by atoms with van der Waals surface area (Å²) in [5, 5.41) is 6.41. The predicted octanol–water partition coefficient (Wildman–Crippen LogP) is 4.72. The number of halogens is 1. The number of fused-ring (bicyclic) bond motifs is 1. The van der Waals surface area contributed by atoms with Gasteiger partial charge in [0.15, 0.2) is 11.5 Å². The Morgan fingerprint density at radius 2 is 2.00 bits per heavy atom. The molecule has 1 aromatic heterocycles. The maximum absolute atomic E-state index is 12.4. The lowest BCUT2D eigenvalue weighted by atomic mass is 10.1. The van der Waals surface area contributed by atoms with E-state index in [0.717, 1.165) is 27.5 Å². The molecule has 4 rings (SSSR count). The number of hydrogen-bond donors (Lipinski definition) is 1. The molecule has 0 aliphatic carbocycles. The molecule has 138 valence electrons. The van der Waals surface area contributed by atoms with E-state index in [1.54, 1.807) is 23.5 Å². The highest BCUT2D eigenvalue weighted by molar-refractivity contribution is 7.09. The third-order valence-corrected chi connectivity index (χ3v) is 5.16. The third-order valence-electron chi connectivity index (χ3n) is 4.10. The van der Waals surface area contributed by atoms with Crippen molar-refractivity contribution in [3.05, 3.63) is 57.4 Å². The Bertz CT molecular complexity index is 985. The molecule has 7 heteroatoms. The first-order chi connectivity index (χ1) is 13.1. The van der Waals surface area contributed by atoms with Gasteiger partial charge < -0.3 is 14.8 Å². The van der Waals surface area contributed by atoms with E-state index >= 15 is 0 Å². The molecular weight excluding hydrogens is 384 g/mol. The molecule has 0 radical (unpaired) electrons. The first-order valence-electron chi connectivity index (χ1n) is 8.49. The highest BCUT2D eigenvalue weighted by Crippen LogP contribution is 2.38. The maximum atomic E-state index is 12.4. The molecule has 2 heterocycles. The van der Waals surface area contributed by atoms with Crippen molar-refractivity contribution >= 4 is 34.5 Å². The highest BCUT2D eigenvalue weighted by Gasteiger charge is 2.17. The molecule has 1 amide bonds. The summed E-state index contributed by atoms with van der Waals surface area (Å²) >= 11 is 7.84. The number of nitrogens with one attached hydrogen (secondary N) is 1. The molecule has 0 atom stereocenters. The summed E-state index contributed by atoms with van der Waals surface area (Å²) < 4.78 is 11.1. The summed E-state index contributed by atoms with van der Waals surface area (Å²) in [5.74, 6) is 0.999. The number of hydrogen-bond acceptors (Lipinski definition) is 5. The number of thiazole rings is 1. The van der Waals surface area contributed by atoms with Crippen LogP contribution in [-0.4, -0.2) is 24.1 Å². The van der Waals surface area contributed by atoms with Gasteiger partial charge in [0.05, 0.1) is 22.1 Å². The summed E-state index contributed by atoms with van der Waals surface area (Å²) in [7, 11) is 0. The Labute approximate surface area is 165 Å². The van der Waals surface area contributed by atoms with Crippen molar-refractivity contribution in [2.75, 3.05) is 18.5 Å². The zero-order valence-electron chi connectivity index (χ0n) is 14.6. The number of ether oxygens (including phenoxy) is 2. The van der Waals surface area contributed by atoms with Gasteiger partial charge in [0, 0.05) is 16.6 Å². The number of nitrogens with zero attached hydrogens (tertiary/aromatic N) is 1. The molecule has 1 aliphatic heterocycles. The van der Waals surface area contributed by atoms with Gasteiger partial charge in [0.1, 0.15) is 13.2 Å². The van der Waals surface area contributed by atoms with Crippen LogP contribution in [0.25, 0.3) is 11.3 Å². The van der Waals surface area contributed by atoms with Gasteiger partial charge in [-0.05, 0) is 36.8 Å². The monoisotopic (exact) mass is 400 g/mol. The van der Waals surface area contributed by atoms with Gasteiger partial charge in [0.2, 0.25) is 5.91 Å². The molecule has 0 bridgehead atoms. The number of anilines is 1. The predicted molar refractivity (Wildman–Crippen MR) is 107 cm³/mol. The third kappa shape index (κ3) is 4.07. The summed E-state index contributed by atoms with van der Waals surface area (Å²) in [5.41, 5.74) is 3.48. The number of carbonyl (C=O) groups is 1. The van der Waals surface area contributed by atoms with Crippen LogP contribution in [0.15, 0.2) is 41.8 Å². The van der Waals surface area contributed by atoms with Crippen LogP contribution in [-0.2, 0) is 11.2 Å². The molecule has 5 nitrogen and oxygen atoms in total. The van der Waals surface area contributed by atoms with Crippen molar-refractivity contribution < 1.29 is 14.3 Å². The van der Waals surface area contributed by atoms with Gasteiger partial charge in [-0.2, -0.15) is 0 Å². The first-order valence-corrected chi connectivity index (χ1v) is 9.75. The van der Waals surface area contributed by atoms with Gasteiger partial charge in [0.25, 0.3) is 0 Å². The fourth-order valence-electron chi connectivity index (χ4n) is 2.88. The second-order valence-electron chi connectivity index (χ2n) is 6.16. The standard InChI is InChI=1S/C20H17ClN2O3S/c1-12-22-17(11-27-12)14-2-4-15(5-3-14)23-19(24)10-13-8-16(21)20-18(9-13)25-6-7-26-20/h2-5,8-9,11H,6-7,10H2,1H3,(H,23,24). The number of rotatable bonds is 4. The minimum atomic E-state index is -0.125. The molecule has 1 N–H and O–H groups in total. The van der Waals surface area contributed by atoms with E-state index < -0.39 is 0 Å². The van der Waals surface area contributed by atoms with Gasteiger partial charge in [-0.3, -0.25) is 4.79 Å². The zero-order valence-corrected chi connectivity index (χ0v) is 16.2. The van der Waals surface area contributed by atoms with E-state index in [2.05, 4.69) is 10.3 Å². The second-order valence-corrected chi connectivity index (χ2v) is 7.63. The number of benzene rings is 2. The molecule has 2 aromatic carbocycles. The Kier molecular flexibility index (Phi) is 5.01. The summed E-state index contributed by atoms with van der Waals surface area (Å²) in [6, 6.07) is 11.2. The lowest BCUT2D eigenvalue weighted by Crippen LogP contribution is -2.17. The number of aromatic nitrogens is 1. The van der Waals surface area contributed by atoms with Crippen molar-refractivity contribution in [2.24, 2.45) is 0 Å². The van der Waals surface area contributed by atoms with E-state index in [-0.39, 0.29) is 12.3 Å². The van der Waals surface area contributed by atoms with Crippen LogP contribution in [0, 0.1) is 6.92 Å². The van der Waals surface area contributed by atoms with Crippen LogP contribution in [0.3, 0.4) is 0 Å². The van der Waals surface area contributed by atoms with Crippen LogP contribution in [0.1, 0.15) is 10.6 Å². The second kappa shape index (κ2) is 7.58. The lowest BCUT2D eigenvalue weighted by molar-refractivity contribution is -0.115. The molecule has 27 heavy (non-hydrogen) atoms. The largest absolute Gasteiger partial charge is 0.486 e. The summed E-state index contributed by atoms with van der Waals surface area (Å²) in [4.78, 5) is 16.8. The minimum Gasteiger partial charge on any atom is -0.486 e. The fraction of sp³-hybridized carbons (Fsp3) is 0.200. The van der Waals surface area contributed by atoms with Gasteiger partial charge in [-0.1, -0.05) is 23.7 Å². The first kappa shape index (κ1) is 17.8. The van der Waals surface area contributed by atoms with Crippen LogP contribution in [0.4, 0.5) is 5.69 Å². The molecule has 1 aliphatic rings. The topological polar surface area (TPSA) is 60.5 Å². The van der Waals surface area contributed by atoms with Crippen molar-refractivity contribution in [2.45, 2.75) is 13.3 Å². The number of amides is 1. The Morgan fingerprint density at radius 3 is 2.74 bits per heavy atom. The van der Waals surface area contributed by atoms with Gasteiger partial charge >= 0.3 is 0 Å². The fourth-order valence-corrected chi connectivity index (χ4v) is 3.79. The van der Waals surface area contributed by atoms with E-state index in [4.69, 9.17) is 21.1 Å². The van der Waals surface area contributed by atoms with Crippen LogP contribution in [0.2, 0.25) is 5.02 Å². The average Bonchev–Trinajstić information content (AvgIpc) is 3.09. The van der Waals surface area contributed by atoms with E-state index in [0.29, 0.717) is 29.7 Å². The lowest BCUT2D eigenvalue weighted by Gasteiger charge is -2.20. The Hall–Kier alpha value is -2.57. The molecule has 3 aromatic rings. The number of aryl methyl sites for hydroxylation is 1. The van der Waals surface area contributed by atoms with Crippen molar-refractivity contribution in [1.29, 1.82) is 0 Å². The maximum Gasteiger partial charge on any atom is 0.228 e. The van der Waals surface area contributed by atoms with E-state index in [9.17, 15) is 4.79 Å². The van der Waals surface area contributed by atoms with E-state index in [1.807, 2.05) is 36.6 Å². The van der Waals surface area contributed by atoms with Crippen LogP contribution >= 0.6 is 22.9 Å². The van der Waals surface area contributed by atoms with Crippen molar-refractivity contribution in [3.63, 3.8) is 0 Å². The molecule has 0 saturated heterocycles. The summed E-state index contributed by atoms with van der Waals surface area (Å²) in [6.45, 7) is 2.93. The van der Waals surface area contributed by atoms with Gasteiger partial charge in [-0.25, -0.2) is 4.98 Å². The molecule has 0 spiro atoms. The molecule has 0 fully saturated rings. The van der Waals surface area contributed by atoms with Gasteiger partial charge in [-0.15, -0.1) is 11.3 Å². The molecule has 0 unspecified atom stereocenters. The SMILES string of the molecule is Cc1nc(-c2ccc(NC(=O)Cc3cc(Cl)c4c(c3)OCCO4)cc2)cs1. The molecule has 0 saturated carbocycles. The van der Waals surface area contributed by atoms with Crippen LogP contribution < -0.4 is 14.8 Å². The number of carbonyl (C=O) groups excluding carboxylic acids is 1. The highest BCUT2D eigenvalue weighted by atomic mass is 35.5. The molecular formula is C20H17ClN2O3S. The summed E-state index contributed by atoms with van der Waals surface area (Å²) in [6.07, 6.45) is 0.198. The average molecular weight is 401 g/mol. The van der Waals surface area contributed by atoms with E-state index in [1.165, 1.54) is 0 Å². The van der Waals surface area contributed by atoms with Crippen molar-refractivity contribution in [1.82, 2.24) is 4.98 Å². The minimum absolute atomic E-state index is 0.125. The zero-order chi connectivity index (χ0) is 18.8. The Balaban J connectivity index is 1.43.